The van der Waals surface area contributed by atoms with Gasteiger partial charge in [-0.2, -0.15) is 0 Å². The summed E-state index contributed by atoms with van der Waals surface area (Å²) in [5, 5.41) is 9.12. The van der Waals surface area contributed by atoms with Crippen LogP contribution >= 0.6 is 0 Å². The quantitative estimate of drug-likeness (QED) is 0.578. The highest BCUT2D eigenvalue weighted by Gasteiger charge is 2.60. The van der Waals surface area contributed by atoms with Gasteiger partial charge in [0.05, 0.1) is 0 Å². The molecule has 0 bridgehead atoms. The first-order chi connectivity index (χ1) is 13.8. The van der Waals surface area contributed by atoms with Gasteiger partial charge in [-0.15, -0.1) is 0 Å². The third-order valence-electron chi connectivity index (χ3n) is 10.4. The van der Waals surface area contributed by atoms with Crippen LogP contribution in [0.5, 0.6) is 0 Å². The number of hydrogen-bond acceptors (Lipinski definition) is 3. The van der Waals surface area contributed by atoms with Crippen molar-refractivity contribution in [3.8, 4) is 0 Å². The molecule has 4 aliphatic rings. The van der Waals surface area contributed by atoms with Crippen molar-refractivity contribution < 1.29 is 19.4 Å². The Kier molecular flexibility index (Phi) is 5.76. The number of carbonyl (C=O) groups excluding carboxylic acids is 1. The molecule has 29 heavy (non-hydrogen) atoms. The van der Waals surface area contributed by atoms with E-state index in [0.29, 0.717) is 41.5 Å². The Bertz CT molecular complexity index is 632. The van der Waals surface area contributed by atoms with Gasteiger partial charge in [0, 0.05) is 6.42 Å². The first kappa shape index (κ1) is 21.2. The van der Waals surface area contributed by atoms with E-state index in [1.807, 2.05) is 0 Å². The van der Waals surface area contributed by atoms with Crippen LogP contribution in [0.3, 0.4) is 0 Å². The minimum Gasteiger partial charge on any atom is -0.481 e. The lowest BCUT2D eigenvalue weighted by Crippen LogP contribution is -2.54. The molecule has 4 fully saturated rings. The second-order valence-electron chi connectivity index (χ2n) is 11.4. The maximum atomic E-state index is 11.1. The Morgan fingerprint density at radius 1 is 1.07 bits per heavy atom. The van der Waals surface area contributed by atoms with Crippen molar-refractivity contribution in [2.24, 2.45) is 46.3 Å². The van der Waals surface area contributed by atoms with Crippen LogP contribution in [0.15, 0.2) is 0 Å². The van der Waals surface area contributed by atoms with Gasteiger partial charge in [-0.25, -0.2) is 0 Å². The zero-order valence-electron chi connectivity index (χ0n) is 18.6. The van der Waals surface area contributed by atoms with E-state index in [2.05, 4.69) is 20.8 Å². The second kappa shape index (κ2) is 7.89. The highest BCUT2D eigenvalue weighted by atomic mass is 16.5. The highest BCUT2D eigenvalue weighted by molar-refractivity contribution is 5.66. The van der Waals surface area contributed by atoms with E-state index < -0.39 is 5.97 Å². The van der Waals surface area contributed by atoms with Crippen LogP contribution in [0.4, 0.5) is 0 Å². The summed E-state index contributed by atoms with van der Waals surface area (Å²) in [6.45, 7) is 8.05. The Morgan fingerprint density at radius 2 is 1.79 bits per heavy atom. The number of ether oxygens (including phenoxy) is 1. The van der Waals surface area contributed by atoms with Crippen LogP contribution < -0.4 is 0 Å². The van der Waals surface area contributed by atoms with Crippen molar-refractivity contribution in [3.05, 3.63) is 0 Å². The largest absolute Gasteiger partial charge is 0.481 e. The Labute approximate surface area is 176 Å². The molecule has 0 saturated heterocycles. The van der Waals surface area contributed by atoms with Gasteiger partial charge in [-0.1, -0.05) is 20.8 Å². The molecule has 4 saturated carbocycles. The van der Waals surface area contributed by atoms with Gasteiger partial charge >= 0.3 is 5.97 Å². The molecule has 0 aromatic carbocycles. The first-order valence-electron chi connectivity index (χ1n) is 12.1. The normalized spacial score (nSPS) is 47.4. The van der Waals surface area contributed by atoms with Crippen molar-refractivity contribution in [1.29, 1.82) is 0 Å². The fraction of sp³-hybridized carbons (Fsp3) is 0.920. The summed E-state index contributed by atoms with van der Waals surface area (Å²) in [5.74, 6) is 3.75. The van der Waals surface area contributed by atoms with Crippen LogP contribution in [-0.2, 0) is 14.3 Å². The summed E-state index contributed by atoms with van der Waals surface area (Å²) in [6.07, 6.45) is 12.5. The lowest BCUT2D eigenvalue weighted by atomic mass is 9.44. The maximum absolute atomic E-state index is 11.1. The molecule has 0 amide bonds. The predicted molar refractivity (Wildman–Crippen MR) is 112 cm³/mol. The van der Waals surface area contributed by atoms with E-state index in [9.17, 15) is 9.59 Å². The number of rotatable bonds is 6. The molecule has 0 heterocycles. The third kappa shape index (κ3) is 3.53. The standard InChI is InChI=1S/C25H40O4/c1-16(4-9-23(27)28)20-7-8-21-19-6-5-17-14-18(29-15-26)10-12-24(17,2)22(19)11-13-25(20,21)3/h15-22H,4-14H2,1-3H3,(H,27,28)/t16-,17-,18-,19?,20-,21?,22?,24+,25-/m1/s1. The molecule has 0 aromatic rings. The Morgan fingerprint density at radius 3 is 2.52 bits per heavy atom. The molecular formula is C25H40O4. The fourth-order valence-corrected chi connectivity index (χ4v) is 8.95. The number of carboxylic acid groups (broad SMARTS) is 1. The molecule has 4 aliphatic carbocycles. The van der Waals surface area contributed by atoms with Crippen LogP contribution in [0.1, 0.15) is 91.4 Å². The smallest absolute Gasteiger partial charge is 0.303 e. The van der Waals surface area contributed by atoms with Crippen LogP contribution in [0.2, 0.25) is 0 Å². The summed E-state index contributed by atoms with van der Waals surface area (Å²) in [7, 11) is 0. The minimum atomic E-state index is -0.652. The molecule has 164 valence electrons. The molecule has 0 aliphatic heterocycles. The van der Waals surface area contributed by atoms with Crippen LogP contribution in [0, 0.1) is 46.3 Å². The van der Waals surface area contributed by atoms with Crippen molar-refractivity contribution >= 4 is 12.4 Å². The molecule has 4 rings (SSSR count). The van der Waals surface area contributed by atoms with Crippen LogP contribution in [-0.4, -0.2) is 23.7 Å². The summed E-state index contributed by atoms with van der Waals surface area (Å²) in [4.78, 5) is 21.9. The molecule has 0 aromatic heterocycles. The van der Waals surface area contributed by atoms with Crippen LogP contribution in [0.25, 0.3) is 0 Å². The highest BCUT2D eigenvalue weighted by Crippen LogP contribution is 2.68. The molecule has 3 unspecified atom stereocenters. The van der Waals surface area contributed by atoms with E-state index in [-0.39, 0.29) is 6.10 Å². The minimum absolute atomic E-state index is 0.141. The van der Waals surface area contributed by atoms with Gasteiger partial charge in [0.15, 0.2) is 0 Å². The number of carbonyl (C=O) groups is 2. The Balaban J connectivity index is 1.48. The summed E-state index contributed by atoms with van der Waals surface area (Å²) in [5.41, 5.74) is 0.820. The third-order valence-corrected chi connectivity index (χ3v) is 10.4. The number of hydrogen-bond donors (Lipinski definition) is 1. The number of fused-ring (bicyclic) bond motifs is 5. The van der Waals surface area contributed by atoms with Gasteiger partial charge in [-0.3, -0.25) is 9.59 Å². The van der Waals surface area contributed by atoms with Crippen molar-refractivity contribution in [2.75, 3.05) is 0 Å². The topological polar surface area (TPSA) is 63.6 Å². The predicted octanol–water partition coefficient (Wildman–Crippen LogP) is 5.69. The van der Waals surface area contributed by atoms with E-state index in [0.717, 1.165) is 37.0 Å². The molecule has 0 spiro atoms. The Hall–Kier alpha value is -1.06. The van der Waals surface area contributed by atoms with Gasteiger partial charge < -0.3 is 9.84 Å². The van der Waals surface area contributed by atoms with Gasteiger partial charge in [0.25, 0.3) is 6.47 Å². The number of aliphatic carboxylic acids is 1. The van der Waals surface area contributed by atoms with E-state index in [1.54, 1.807) is 0 Å². The maximum Gasteiger partial charge on any atom is 0.303 e. The van der Waals surface area contributed by atoms with Gasteiger partial charge in [0.1, 0.15) is 6.10 Å². The van der Waals surface area contributed by atoms with Crippen molar-refractivity contribution in [1.82, 2.24) is 0 Å². The summed E-state index contributed by atoms with van der Waals surface area (Å²) in [6, 6.07) is 0. The zero-order chi connectivity index (χ0) is 20.8. The van der Waals surface area contributed by atoms with Gasteiger partial charge in [0.2, 0.25) is 0 Å². The lowest BCUT2D eigenvalue weighted by Gasteiger charge is -2.61. The molecule has 4 nitrogen and oxygen atoms in total. The molecule has 4 heteroatoms. The fourth-order valence-electron chi connectivity index (χ4n) is 8.95. The van der Waals surface area contributed by atoms with E-state index in [1.165, 1.54) is 44.9 Å². The molecule has 9 atom stereocenters. The SMILES string of the molecule is C[C@H](CCC(=O)O)[C@H]1CCC2C3CC[C@@H]4C[C@H](OC=O)CC[C@]4(C)C3CC[C@@]21C. The summed E-state index contributed by atoms with van der Waals surface area (Å²) >= 11 is 0. The lowest BCUT2D eigenvalue weighted by molar-refractivity contribution is -0.151. The molecule has 1 N–H and O–H groups in total. The average molecular weight is 405 g/mol. The van der Waals surface area contributed by atoms with Crippen molar-refractivity contribution in [2.45, 2.75) is 97.5 Å². The monoisotopic (exact) mass is 404 g/mol. The number of carboxylic acids is 1. The van der Waals surface area contributed by atoms with Crippen molar-refractivity contribution in [3.63, 3.8) is 0 Å². The van der Waals surface area contributed by atoms with E-state index >= 15 is 0 Å². The van der Waals surface area contributed by atoms with Gasteiger partial charge in [-0.05, 0) is 111 Å². The zero-order valence-corrected chi connectivity index (χ0v) is 18.6. The molecule has 0 radical (unpaired) electrons. The second-order valence-corrected chi connectivity index (χ2v) is 11.4. The summed E-state index contributed by atoms with van der Waals surface area (Å²) < 4.78 is 5.36. The first-order valence-corrected chi connectivity index (χ1v) is 12.1. The molecular weight excluding hydrogens is 364 g/mol. The average Bonchev–Trinajstić information content (AvgIpc) is 3.04. The van der Waals surface area contributed by atoms with E-state index in [4.69, 9.17) is 9.84 Å².